The van der Waals surface area contributed by atoms with Crippen LogP contribution < -0.4 is 4.90 Å². The molecule has 1 unspecified atom stereocenters. The SMILES string of the molecule is CC1CCCN(Cc2cc3nc(Cl)nc(N4CCOCC4)c3s2)C1. The van der Waals surface area contributed by atoms with E-state index in [1.54, 1.807) is 0 Å². The van der Waals surface area contributed by atoms with Crippen LogP contribution in [0.4, 0.5) is 5.82 Å². The van der Waals surface area contributed by atoms with E-state index in [4.69, 9.17) is 16.3 Å². The fourth-order valence-electron chi connectivity index (χ4n) is 3.65. The third-order valence-electron chi connectivity index (χ3n) is 4.81. The Bertz CT molecular complexity index is 716. The zero-order valence-corrected chi connectivity index (χ0v) is 15.6. The molecule has 2 aliphatic rings. The number of thiophene rings is 1. The van der Waals surface area contributed by atoms with Crippen LogP contribution in [0, 0.1) is 5.92 Å². The van der Waals surface area contributed by atoms with Gasteiger partial charge in [0.05, 0.1) is 23.4 Å². The summed E-state index contributed by atoms with van der Waals surface area (Å²) in [6.07, 6.45) is 2.65. The molecule has 0 radical (unpaired) electrons. The van der Waals surface area contributed by atoms with Crippen LogP contribution in [0.5, 0.6) is 0 Å². The summed E-state index contributed by atoms with van der Waals surface area (Å²) in [5.74, 6) is 1.77. The Balaban J connectivity index is 1.61. The molecule has 1 atom stereocenters. The van der Waals surface area contributed by atoms with Gasteiger partial charge in [-0.05, 0) is 43.0 Å². The molecule has 24 heavy (non-hydrogen) atoms. The maximum atomic E-state index is 6.18. The minimum Gasteiger partial charge on any atom is -0.378 e. The van der Waals surface area contributed by atoms with Crippen LogP contribution in [0.15, 0.2) is 6.07 Å². The number of likely N-dealkylation sites (tertiary alicyclic amines) is 1. The number of hydrogen-bond acceptors (Lipinski definition) is 6. The van der Waals surface area contributed by atoms with Gasteiger partial charge in [0.1, 0.15) is 0 Å². The van der Waals surface area contributed by atoms with E-state index in [0.29, 0.717) is 5.28 Å². The van der Waals surface area contributed by atoms with E-state index in [1.807, 2.05) is 11.3 Å². The number of nitrogens with zero attached hydrogens (tertiary/aromatic N) is 4. The summed E-state index contributed by atoms with van der Waals surface area (Å²) in [7, 11) is 0. The number of morpholine rings is 1. The van der Waals surface area contributed by atoms with Gasteiger partial charge in [-0.25, -0.2) is 4.98 Å². The minimum atomic E-state index is 0.333. The maximum Gasteiger partial charge on any atom is 0.224 e. The van der Waals surface area contributed by atoms with Gasteiger partial charge in [0, 0.05) is 31.1 Å². The molecule has 0 spiro atoms. The third kappa shape index (κ3) is 3.52. The van der Waals surface area contributed by atoms with Crippen molar-refractivity contribution in [1.82, 2.24) is 14.9 Å². The first kappa shape index (κ1) is 16.5. The Morgan fingerprint density at radius 2 is 2.12 bits per heavy atom. The highest BCUT2D eigenvalue weighted by Crippen LogP contribution is 2.34. The van der Waals surface area contributed by atoms with Crippen molar-refractivity contribution in [2.45, 2.75) is 26.3 Å². The first-order valence-corrected chi connectivity index (χ1v) is 9.89. The van der Waals surface area contributed by atoms with E-state index in [-0.39, 0.29) is 0 Å². The van der Waals surface area contributed by atoms with Gasteiger partial charge in [-0.1, -0.05) is 6.92 Å². The molecule has 2 saturated heterocycles. The lowest BCUT2D eigenvalue weighted by atomic mass is 10.0. The van der Waals surface area contributed by atoms with Crippen molar-refractivity contribution >= 4 is 39.0 Å². The van der Waals surface area contributed by atoms with Gasteiger partial charge in [-0.3, -0.25) is 4.90 Å². The molecule has 5 nitrogen and oxygen atoms in total. The van der Waals surface area contributed by atoms with Crippen molar-refractivity contribution in [3.05, 3.63) is 16.2 Å². The number of halogens is 1. The topological polar surface area (TPSA) is 41.5 Å². The zero-order valence-electron chi connectivity index (χ0n) is 14.0. The number of ether oxygens (including phenoxy) is 1. The van der Waals surface area contributed by atoms with Crippen molar-refractivity contribution in [2.24, 2.45) is 5.92 Å². The lowest BCUT2D eigenvalue weighted by Gasteiger charge is -2.30. The Hall–Kier alpha value is -0.950. The van der Waals surface area contributed by atoms with E-state index < -0.39 is 0 Å². The highest BCUT2D eigenvalue weighted by atomic mass is 35.5. The molecule has 4 heterocycles. The van der Waals surface area contributed by atoms with Crippen molar-refractivity contribution in [3.8, 4) is 0 Å². The molecule has 0 aromatic carbocycles. The van der Waals surface area contributed by atoms with Gasteiger partial charge in [-0.15, -0.1) is 11.3 Å². The summed E-state index contributed by atoms with van der Waals surface area (Å²) in [6, 6.07) is 2.19. The van der Waals surface area contributed by atoms with E-state index in [9.17, 15) is 0 Å². The van der Waals surface area contributed by atoms with E-state index in [2.05, 4.69) is 32.8 Å². The number of anilines is 1. The largest absolute Gasteiger partial charge is 0.378 e. The fourth-order valence-corrected chi connectivity index (χ4v) is 4.98. The average Bonchev–Trinajstić information content (AvgIpc) is 2.97. The normalized spacial score (nSPS) is 23.1. The second kappa shape index (κ2) is 7.12. The second-order valence-corrected chi connectivity index (χ2v) is 8.30. The number of piperidine rings is 1. The molecule has 4 rings (SSSR count). The van der Waals surface area contributed by atoms with Gasteiger partial charge < -0.3 is 9.64 Å². The molecule has 130 valence electrons. The molecular formula is C17H23ClN4OS. The van der Waals surface area contributed by atoms with Crippen LogP contribution in [0.1, 0.15) is 24.6 Å². The smallest absolute Gasteiger partial charge is 0.224 e. The van der Waals surface area contributed by atoms with Gasteiger partial charge in [0.2, 0.25) is 5.28 Å². The first-order valence-electron chi connectivity index (χ1n) is 8.70. The van der Waals surface area contributed by atoms with E-state index >= 15 is 0 Å². The molecular weight excluding hydrogens is 344 g/mol. The van der Waals surface area contributed by atoms with Crippen LogP contribution in [0.2, 0.25) is 5.28 Å². The molecule has 2 aromatic heterocycles. The summed E-state index contributed by atoms with van der Waals surface area (Å²) >= 11 is 7.99. The molecule has 0 amide bonds. The number of rotatable bonds is 3. The summed E-state index contributed by atoms with van der Waals surface area (Å²) in [6.45, 7) is 8.95. The molecule has 0 saturated carbocycles. The Morgan fingerprint density at radius 3 is 2.92 bits per heavy atom. The average molecular weight is 367 g/mol. The first-order chi connectivity index (χ1) is 11.7. The lowest BCUT2D eigenvalue weighted by molar-refractivity contribution is 0.122. The summed E-state index contributed by atoms with van der Waals surface area (Å²) < 4.78 is 6.61. The van der Waals surface area contributed by atoms with Crippen LogP contribution in [-0.2, 0) is 11.3 Å². The number of aromatic nitrogens is 2. The van der Waals surface area contributed by atoms with Crippen LogP contribution in [-0.4, -0.2) is 54.3 Å². The quantitative estimate of drug-likeness (QED) is 0.778. The van der Waals surface area contributed by atoms with Crippen LogP contribution in [0.25, 0.3) is 10.2 Å². The van der Waals surface area contributed by atoms with Crippen LogP contribution in [0.3, 0.4) is 0 Å². The Labute approximate surface area is 151 Å². The maximum absolute atomic E-state index is 6.18. The number of fused-ring (bicyclic) bond motifs is 1. The standard InChI is InChI=1S/C17H23ClN4OS/c1-12-3-2-4-21(10-12)11-13-9-14-15(24-13)16(20-17(18)19-14)22-5-7-23-8-6-22/h9,12H,2-8,10-11H2,1H3. The minimum absolute atomic E-state index is 0.333. The lowest BCUT2D eigenvalue weighted by Crippen LogP contribution is -2.36. The number of hydrogen-bond donors (Lipinski definition) is 0. The fraction of sp³-hybridized carbons (Fsp3) is 0.647. The van der Waals surface area contributed by atoms with E-state index in [0.717, 1.165) is 54.8 Å². The van der Waals surface area contributed by atoms with Crippen LogP contribution >= 0.6 is 22.9 Å². The highest BCUT2D eigenvalue weighted by molar-refractivity contribution is 7.19. The van der Waals surface area contributed by atoms with Gasteiger partial charge in [-0.2, -0.15) is 4.98 Å². The third-order valence-corrected chi connectivity index (χ3v) is 6.08. The molecule has 0 aliphatic carbocycles. The highest BCUT2D eigenvalue weighted by Gasteiger charge is 2.21. The summed E-state index contributed by atoms with van der Waals surface area (Å²) in [5.41, 5.74) is 0.974. The summed E-state index contributed by atoms with van der Waals surface area (Å²) in [5, 5.41) is 0.333. The zero-order chi connectivity index (χ0) is 16.5. The molecule has 2 aromatic rings. The summed E-state index contributed by atoms with van der Waals surface area (Å²) in [4.78, 5) is 15.1. The monoisotopic (exact) mass is 366 g/mol. The Kier molecular flexibility index (Phi) is 4.90. The van der Waals surface area contributed by atoms with Gasteiger partial charge in [0.15, 0.2) is 5.82 Å². The predicted molar refractivity (Wildman–Crippen MR) is 99.1 cm³/mol. The molecule has 0 bridgehead atoms. The molecule has 0 N–H and O–H groups in total. The molecule has 2 fully saturated rings. The van der Waals surface area contributed by atoms with Crippen molar-refractivity contribution in [1.29, 1.82) is 0 Å². The second-order valence-electron chi connectivity index (χ2n) is 6.83. The van der Waals surface area contributed by atoms with Gasteiger partial charge in [0.25, 0.3) is 0 Å². The Morgan fingerprint density at radius 1 is 1.29 bits per heavy atom. The van der Waals surface area contributed by atoms with E-state index in [1.165, 1.54) is 30.8 Å². The van der Waals surface area contributed by atoms with Crippen molar-refractivity contribution < 1.29 is 4.74 Å². The molecule has 7 heteroatoms. The molecule has 2 aliphatic heterocycles. The van der Waals surface area contributed by atoms with Gasteiger partial charge >= 0.3 is 0 Å². The van der Waals surface area contributed by atoms with Crippen molar-refractivity contribution in [2.75, 3.05) is 44.3 Å². The predicted octanol–water partition coefficient (Wildman–Crippen LogP) is 3.41. The van der Waals surface area contributed by atoms with Crippen molar-refractivity contribution in [3.63, 3.8) is 0 Å².